The molecule has 1 aromatic carbocycles. The van der Waals surface area contributed by atoms with Gasteiger partial charge >= 0.3 is 5.97 Å². The molecule has 0 spiro atoms. The van der Waals surface area contributed by atoms with E-state index in [9.17, 15) is 18.4 Å². The van der Waals surface area contributed by atoms with E-state index >= 15 is 0 Å². The Hall–Kier alpha value is -2.28. The van der Waals surface area contributed by atoms with Crippen LogP contribution in [0.3, 0.4) is 0 Å². The van der Waals surface area contributed by atoms with Crippen molar-refractivity contribution >= 4 is 28.2 Å². The lowest BCUT2D eigenvalue weighted by atomic mass is 10.1. The zero-order valence-electron chi connectivity index (χ0n) is 12.9. The summed E-state index contributed by atoms with van der Waals surface area (Å²) in [5, 5.41) is 4.73. The van der Waals surface area contributed by atoms with Crippen LogP contribution in [0.5, 0.6) is 0 Å². The summed E-state index contributed by atoms with van der Waals surface area (Å²) in [7, 11) is 0. The minimum atomic E-state index is -0.837. The Bertz CT molecular complexity index is 779. The number of thiophene rings is 1. The second-order valence-corrected chi connectivity index (χ2v) is 6.38. The van der Waals surface area contributed by atoms with E-state index in [1.807, 2.05) is 5.38 Å². The highest BCUT2D eigenvalue weighted by atomic mass is 32.1. The van der Waals surface area contributed by atoms with E-state index in [2.05, 4.69) is 5.32 Å². The molecule has 1 heterocycles. The predicted octanol–water partition coefficient (Wildman–Crippen LogP) is 4.33. The number of benzene rings is 1. The lowest BCUT2D eigenvalue weighted by Gasteiger charge is -2.08. The summed E-state index contributed by atoms with van der Waals surface area (Å²) < 4.78 is 31.6. The highest BCUT2D eigenvalue weighted by Crippen LogP contribution is 2.46. The van der Waals surface area contributed by atoms with Crippen molar-refractivity contribution in [3.8, 4) is 0 Å². The van der Waals surface area contributed by atoms with Gasteiger partial charge in [-0.25, -0.2) is 13.6 Å². The van der Waals surface area contributed by atoms with Crippen molar-refractivity contribution in [3.63, 3.8) is 0 Å². The quantitative estimate of drug-likeness (QED) is 0.816. The van der Waals surface area contributed by atoms with Crippen LogP contribution in [0, 0.1) is 11.6 Å². The number of rotatable bonds is 5. The van der Waals surface area contributed by atoms with Crippen LogP contribution in [0.15, 0.2) is 23.6 Å². The van der Waals surface area contributed by atoms with E-state index in [-0.39, 0.29) is 12.2 Å². The van der Waals surface area contributed by atoms with Crippen LogP contribution in [0.4, 0.5) is 13.8 Å². The third-order valence-corrected chi connectivity index (χ3v) is 4.58. The fourth-order valence-electron chi connectivity index (χ4n) is 2.43. The SMILES string of the molecule is CCOC(=O)c1c(C2CC2)csc1NC(=O)c1cc(F)cc(F)c1. The largest absolute Gasteiger partial charge is 0.462 e. The number of amides is 1. The highest BCUT2D eigenvalue weighted by molar-refractivity contribution is 7.15. The van der Waals surface area contributed by atoms with Crippen molar-refractivity contribution < 1.29 is 23.1 Å². The maximum Gasteiger partial charge on any atom is 0.341 e. The molecule has 1 aliphatic rings. The molecule has 3 rings (SSSR count). The van der Waals surface area contributed by atoms with Gasteiger partial charge in [0.15, 0.2) is 0 Å². The van der Waals surface area contributed by atoms with Crippen molar-refractivity contribution in [1.82, 2.24) is 0 Å². The zero-order chi connectivity index (χ0) is 17.3. The van der Waals surface area contributed by atoms with Crippen LogP contribution in [0.25, 0.3) is 0 Å². The molecule has 0 unspecified atom stereocenters. The lowest BCUT2D eigenvalue weighted by Crippen LogP contribution is -2.15. The molecule has 1 aliphatic carbocycles. The van der Waals surface area contributed by atoms with Crippen molar-refractivity contribution in [2.75, 3.05) is 11.9 Å². The van der Waals surface area contributed by atoms with Gasteiger partial charge < -0.3 is 10.1 Å². The first-order valence-electron chi connectivity index (χ1n) is 7.55. The molecule has 0 saturated heterocycles. The van der Waals surface area contributed by atoms with Crippen LogP contribution in [-0.4, -0.2) is 18.5 Å². The Morgan fingerprint density at radius 2 is 1.92 bits per heavy atom. The Labute approximate surface area is 141 Å². The van der Waals surface area contributed by atoms with E-state index in [1.54, 1.807) is 6.92 Å². The molecule has 1 saturated carbocycles. The predicted molar refractivity (Wildman–Crippen MR) is 86.6 cm³/mol. The summed E-state index contributed by atoms with van der Waals surface area (Å²) in [5.41, 5.74) is 1.05. The molecule has 1 N–H and O–H groups in total. The topological polar surface area (TPSA) is 55.4 Å². The first-order chi connectivity index (χ1) is 11.5. The van der Waals surface area contributed by atoms with E-state index in [4.69, 9.17) is 4.74 Å². The van der Waals surface area contributed by atoms with Gasteiger partial charge in [0.1, 0.15) is 16.6 Å². The molecule has 7 heteroatoms. The van der Waals surface area contributed by atoms with Crippen molar-refractivity contribution in [2.45, 2.75) is 25.7 Å². The normalized spacial score (nSPS) is 13.6. The molecule has 0 atom stereocenters. The third kappa shape index (κ3) is 3.46. The summed E-state index contributed by atoms with van der Waals surface area (Å²) in [5.74, 6) is -2.55. The van der Waals surface area contributed by atoms with Crippen LogP contribution in [0.1, 0.15) is 52.0 Å². The standard InChI is InChI=1S/C17H15F2NO3S/c1-2-23-17(22)14-13(9-3-4-9)8-24-16(14)20-15(21)10-5-11(18)7-12(19)6-10/h5-9H,2-4H2,1H3,(H,20,21). The number of halogens is 2. The number of hydrogen-bond acceptors (Lipinski definition) is 4. The van der Waals surface area contributed by atoms with Crippen LogP contribution in [-0.2, 0) is 4.74 Å². The molecule has 2 aromatic rings. The number of ether oxygens (including phenoxy) is 1. The van der Waals surface area contributed by atoms with Gasteiger partial charge in [-0.3, -0.25) is 4.79 Å². The van der Waals surface area contributed by atoms with E-state index in [0.717, 1.165) is 30.5 Å². The van der Waals surface area contributed by atoms with Crippen LogP contribution >= 0.6 is 11.3 Å². The summed E-state index contributed by atoms with van der Waals surface area (Å²) in [6, 6.07) is 2.58. The number of carbonyl (C=O) groups is 2. The van der Waals surface area contributed by atoms with Crippen molar-refractivity contribution in [3.05, 3.63) is 51.9 Å². The first-order valence-corrected chi connectivity index (χ1v) is 8.43. The molecule has 1 fully saturated rings. The molecular weight excluding hydrogens is 336 g/mol. The Morgan fingerprint density at radius 3 is 2.50 bits per heavy atom. The Kier molecular flexibility index (Phi) is 4.62. The van der Waals surface area contributed by atoms with Gasteiger partial charge in [0.25, 0.3) is 5.91 Å². The number of hydrogen-bond donors (Lipinski definition) is 1. The Balaban J connectivity index is 1.89. The number of esters is 1. The fourth-order valence-corrected chi connectivity index (χ4v) is 3.46. The highest BCUT2D eigenvalue weighted by Gasteiger charge is 2.32. The minimum Gasteiger partial charge on any atom is -0.462 e. The van der Waals surface area contributed by atoms with Gasteiger partial charge in [0, 0.05) is 11.6 Å². The third-order valence-electron chi connectivity index (χ3n) is 3.67. The molecule has 1 aromatic heterocycles. The number of carbonyl (C=O) groups excluding carboxylic acids is 2. The molecule has 24 heavy (non-hydrogen) atoms. The molecule has 0 aliphatic heterocycles. The van der Waals surface area contributed by atoms with Gasteiger partial charge in [-0.05, 0) is 48.8 Å². The average Bonchev–Trinajstić information content (AvgIpc) is 3.27. The van der Waals surface area contributed by atoms with Gasteiger partial charge in [-0.1, -0.05) is 0 Å². The van der Waals surface area contributed by atoms with E-state index < -0.39 is 23.5 Å². The molecule has 0 bridgehead atoms. The van der Waals surface area contributed by atoms with E-state index in [1.165, 1.54) is 11.3 Å². The molecule has 126 valence electrons. The molecule has 1 amide bonds. The summed E-state index contributed by atoms with van der Waals surface area (Å²) in [6.45, 7) is 1.93. The summed E-state index contributed by atoms with van der Waals surface area (Å²) in [6.07, 6.45) is 1.98. The van der Waals surface area contributed by atoms with Crippen LogP contribution < -0.4 is 5.32 Å². The molecule has 4 nitrogen and oxygen atoms in total. The van der Waals surface area contributed by atoms with Crippen molar-refractivity contribution in [2.24, 2.45) is 0 Å². The fraction of sp³-hybridized carbons (Fsp3) is 0.294. The number of anilines is 1. The monoisotopic (exact) mass is 351 g/mol. The second kappa shape index (κ2) is 6.68. The van der Waals surface area contributed by atoms with Gasteiger partial charge in [0.2, 0.25) is 0 Å². The maximum absolute atomic E-state index is 13.3. The van der Waals surface area contributed by atoms with Crippen molar-refractivity contribution in [1.29, 1.82) is 0 Å². The lowest BCUT2D eigenvalue weighted by molar-refractivity contribution is 0.0527. The van der Waals surface area contributed by atoms with E-state index in [0.29, 0.717) is 22.5 Å². The van der Waals surface area contributed by atoms with Gasteiger partial charge in [-0.15, -0.1) is 11.3 Å². The number of nitrogens with one attached hydrogen (secondary N) is 1. The average molecular weight is 351 g/mol. The maximum atomic E-state index is 13.3. The second-order valence-electron chi connectivity index (χ2n) is 5.50. The van der Waals surface area contributed by atoms with Gasteiger partial charge in [-0.2, -0.15) is 0 Å². The smallest absolute Gasteiger partial charge is 0.341 e. The molecule has 0 radical (unpaired) electrons. The summed E-state index contributed by atoms with van der Waals surface area (Å²) in [4.78, 5) is 24.5. The first kappa shape index (κ1) is 16.6. The molecular formula is C17H15F2NO3S. The summed E-state index contributed by atoms with van der Waals surface area (Å²) >= 11 is 1.21. The zero-order valence-corrected chi connectivity index (χ0v) is 13.7. The minimum absolute atomic E-state index is 0.149. The Morgan fingerprint density at radius 1 is 1.25 bits per heavy atom. The van der Waals surface area contributed by atoms with Crippen LogP contribution in [0.2, 0.25) is 0 Å². The van der Waals surface area contributed by atoms with Gasteiger partial charge in [0.05, 0.1) is 12.2 Å².